The first kappa shape index (κ1) is 18.7. The number of ether oxygens (including phenoxy) is 1. The number of para-hydroxylation sites is 1. The summed E-state index contributed by atoms with van der Waals surface area (Å²) in [4.78, 5) is 16.3. The summed E-state index contributed by atoms with van der Waals surface area (Å²) >= 11 is 6.22. The fourth-order valence-electron chi connectivity index (χ4n) is 2.56. The Morgan fingerprint density at radius 3 is 2.89 bits per heavy atom. The van der Waals surface area contributed by atoms with Crippen LogP contribution in [-0.2, 0) is 4.79 Å². The second-order valence-corrected chi connectivity index (χ2v) is 6.25. The van der Waals surface area contributed by atoms with E-state index in [4.69, 9.17) is 16.3 Å². The zero-order chi connectivity index (χ0) is 19.2. The third-order valence-corrected chi connectivity index (χ3v) is 4.25. The van der Waals surface area contributed by atoms with Crippen LogP contribution in [0.15, 0.2) is 53.6 Å². The van der Waals surface area contributed by atoms with E-state index in [1.165, 1.54) is 6.21 Å². The molecule has 3 aromatic rings. The Morgan fingerprint density at radius 1 is 1.26 bits per heavy atom. The molecule has 2 aromatic carbocycles. The van der Waals surface area contributed by atoms with Crippen molar-refractivity contribution in [2.45, 2.75) is 6.92 Å². The summed E-state index contributed by atoms with van der Waals surface area (Å²) in [6.45, 7) is 2.06. The molecule has 0 atom stereocenters. The van der Waals surface area contributed by atoms with Crippen LogP contribution in [0.3, 0.4) is 0 Å². The van der Waals surface area contributed by atoms with Gasteiger partial charge in [-0.05, 0) is 30.7 Å². The minimum atomic E-state index is -0.283. The van der Waals surface area contributed by atoms with Crippen LogP contribution in [0.1, 0.15) is 11.1 Å². The van der Waals surface area contributed by atoms with E-state index >= 15 is 0 Å². The second kappa shape index (κ2) is 8.51. The van der Waals surface area contributed by atoms with E-state index in [-0.39, 0.29) is 12.5 Å². The summed E-state index contributed by atoms with van der Waals surface area (Å²) < 4.78 is 5.14. The van der Waals surface area contributed by atoms with Gasteiger partial charge in [-0.3, -0.25) is 4.79 Å². The van der Waals surface area contributed by atoms with Crippen molar-refractivity contribution in [3.8, 4) is 5.75 Å². The van der Waals surface area contributed by atoms with Gasteiger partial charge in [-0.25, -0.2) is 10.4 Å². The minimum Gasteiger partial charge on any atom is -0.497 e. The maximum absolute atomic E-state index is 11.9. The molecule has 1 heterocycles. The minimum absolute atomic E-state index is 0.0768. The third-order valence-electron chi connectivity index (χ3n) is 3.94. The van der Waals surface area contributed by atoms with Crippen molar-refractivity contribution in [2.24, 2.45) is 5.10 Å². The number of nitrogens with one attached hydrogen (secondary N) is 2. The number of aromatic nitrogens is 1. The molecule has 2 N–H and O–H groups in total. The maximum atomic E-state index is 11.9. The number of fused-ring (bicyclic) bond motifs is 1. The van der Waals surface area contributed by atoms with Gasteiger partial charge in [0.05, 0.1) is 25.4 Å². The van der Waals surface area contributed by atoms with E-state index in [0.717, 1.165) is 22.2 Å². The summed E-state index contributed by atoms with van der Waals surface area (Å²) in [5.41, 5.74) is 5.79. The fraction of sp³-hybridized carbons (Fsp3) is 0.150. The van der Waals surface area contributed by atoms with E-state index in [0.29, 0.717) is 16.5 Å². The molecule has 0 radical (unpaired) electrons. The second-order valence-electron chi connectivity index (χ2n) is 5.89. The first-order chi connectivity index (χ1) is 13.1. The molecule has 0 bridgehead atoms. The number of carbonyl (C=O) groups excluding carboxylic acids is 1. The van der Waals surface area contributed by atoms with Gasteiger partial charge in [0.1, 0.15) is 10.9 Å². The predicted molar refractivity (Wildman–Crippen MR) is 109 cm³/mol. The van der Waals surface area contributed by atoms with Crippen LogP contribution < -0.4 is 15.5 Å². The highest BCUT2D eigenvalue weighted by molar-refractivity contribution is 6.32. The lowest BCUT2D eigenvalue weighted by atomic mass is 10.1. The lowest BCUT2D eigenvalue weighted by Gasteiger charge is -2.07. The normalized spacial score (nSPS) is 10.9. The Morgan fingerprint density at radius 2 is 2.07 bits per heavy atom. The van der Waals surface area contributed by atoms with Crippen LogP contribution in [0.5, 0.6) is 5.75 Å². The van der Waals surface area contributed by atoms with Crippen LogP contribution in [0.2, 0.25) is 5.15 Å². The average Bonchev–Trinajstić information content (AvgIpc) is 2.68. The van der Waals surface area contributed by atoms with Crippen molar-refractivity contribution in [1.29, 1.82) is 0 Å². The monoisotopic (exact) mass is 382 g/mol. The molecule has 6 nitrogen and oxygen atoms in total. The molecule has 138 valence electrons. The molecule has 0 unspecified atom stereocenters. The number of hydrogen-bond acceptors (Lipinski definition) is 5. The molecule has 0 aliphatic heterocycles. The van der Waals surface area contributed by atoms with Gasteiger partial charge in [0.15, 0.2) is 0 Å². The quantitative estimate of drug-likeness (QED) is 0.386. The first-order valence-corrected chi connectivity index (χ1v) is 8.70. The molecule has 7 heteroatoms. The van der Waals surface area contributed by atoms with Crippen molar-refractivity contribution >= 4 is 40.3 Å². The lowest BCUT2D eigenvalue weighted by molar-refractivity contribution is -0.119. The van der Waals surface area contributed by atoms with Crippen LogP contribution >= 0.6 is 11.6 Å². The SMILES string of the molecule is COc1cccc(NCC(=O)N/N=C\c2cc3cccc(C)c3nc2Cl)c1. The topological polar surface area (TPSA) is 75.6 Å². The smallest absolute Gasteiger partial charge is 0.259 e. The summed E-state index contributed by atoms with van der Waals surface area (Å²) in [5, 5.41) is 8.27. The molecule has 3 rings (SSSR count). The Balaban J connectivity index is 1.60. The van der Waals surface area contributed by atoms with Crippen LogP contribution in [0.25, 0.3) is 10.9 Å². The molecule has 27 heavy (non-hydrogen) atoms. The van der Waals surface area contributed by atoms with E-state index < -0.39 is 0 Å². The molecule has 0 aliphatic carbocycles. The maximum Gasteiger partial charge on any atom is 0.259 e. The van der Waals surface area contributed by atoms with Gasteiger partial charge in [-0.15, -0.1) is 0 Å². The third kappa shape index (κ3) is 4.74. The number of benzene rings is 2. The van der Waals surface area contributed by atoms with E-state index in [9.17, 15) is 4.79 Å². The number of methoxy groups -OCH3 is 1. The van der Waals surface area contributed by atoms with Gasteiger partial charge in [0.25, 0.3) is 5.91 Å². The number of carbonyl (C=O) groups is 1. The molecule has 0 saturated heterocycles. The van der Waals surface area contributed by atoms with E-state index in [2.05, 4.69) is 20.8 Å². The Hall–Kier alpha value is -3.12. The number of anilines is 1. The van der Waals surface area contributed by atoms with Crippen LogP contribution in [0.4, 0.5) is 5.69 Å². The summed E-state index contributed by atoms with van der Waals surface area (Å²) in [6.07, 6.45) is 1.49. The molecule has 0 fully saturated rings. The van der Waals surface area contributed by atoms with Gasteiger partial charge in [0, 0.05) is 22.7 Å². The Kier molecular flexibility index (Phi) is 5.88. The number of aryl methyl sites for hydroxylation is 1. The number of amides is 1. The van der Waals surface area contributed by atoms with Gasteiger partial charge in [-0.1, -0.05) is 35.9 Å². The molecular formula is C20H19ClN4O2. The number of hydrazone groups is 1. The average molecular weight is 383 g/mol. The van der Waals surface area contributed by atoms with Gasteiger partial charge >= 0.3 is 0 Å². The highest BCUT2D eigenvalue weighted by atomic mass is 35.5. The van der Waals surface area contributed by atoms with Crippen molar-refractivity contribution in [3.05, 3.63) is 64.8 Å². The molecular weight excluding hydrogens is 364 g/mol. The number of rotatable bonds is 6. The number of pyridine rings is 1. The van der Waals surface area contributed by atoms with Crippen molar-refractivity contribution in [1.82, 2.24) is 10.4 Å². The zero-order valence-electron chi connectivity index (χ0n) is 15.0. The number of nitrogens with zero attached hydrogens (tertiary/aromatic N) is 2. The number of halogens is 1. The first-order valence-electron chi connectivity index (χ1n) is 8.32. The highest BCUT2D eigenvalue weighted by Crippen LogP contribution is 2.21. The molecule has 1 amide bonds. The summed E-state index contributed by atoms with van der Waals surface area (Å²) in [7, 11) is 1.59. The van der Waals surface area contributed by atoms with Crippen LogP contribution in [0, 0.1) is 6.92 Å². The largest absolute Gasteiger partial charge is 0.497 e. The standard InChI is InChI=1S/C20H19ClN4O2/c1-13-5-3-6-14-9-15(20(21)24-19(13)14)11-23-25-18(26)12-22-16-7-4-8-17(10-16)27-2/h3-11,22H,12H2,1-2H3,(H,25,26)/b23-11-. The molecule has 1 aromatic heterocycles. The van der Waals surface area contributed by atoms with Crippen LogP contribution in [-0.4, -0.2) is 30.8 Å². The Labute approximate surface area is 162 Å². The lowest BCUT2D eigenvalue weighted by Crippen LogP contribution is -2.25. The van der Waals surface area contributed by atoms with Gasteiger partial charge < -0.3 is 10.1 Å². The fourth-order valence-corrected chi connectivity index (χ4v) is 2.75. The van der Waals surface area contributed by atoms with Crippen molar-refractivity contribution in [3.63, 3.8) is 0 Å². The molecule has 0 saturated carbocycles. The van der Waals surface area contributed by atoms with E-state index in [1.54, 1.807) is 13.2 Å². The van der Waals surface area contributed by atoms with Gasteiger partial charge in [0.2, 0.25) is 0 Å². The summed E-state index contributed by atoms with van der Waals surface area (Å²) in [5.74, 6) is 0.432. The Bertz CT molecular complexity index is 1000. The van der Waals surface area contributed by atoms with Crippen molar-refractivity contribution in [2.75, 3.05) is 19.0 Å². The number of hydrogen-bond donors (Lipinski definition) is 2. The zero-order valence-corrected chi connectivity index (χ0v) is 15.7. The summed E-state index contributed by atoms with van der Waals surface area (Å²) in [6, 6.07) is 15.1. The highest BCUT2D eigenvalue weighted by Gasteiger charge is 2.05. The van der Waals surface area contributed by atoms with Crippen molar-refractivity contribution < 1.29 is 9.53 Å². The van der Waals surface area contributed by atoms with E-state index in [1.807, 2.05) is 49.4 Å². The predicted octanol–water partition coefficient (Wildman–Crippen LogP) is 3.77. The molecule has 0 aliphatic rings. The van der Waals surface area contributed by atoms with Gasteiger partial charge in [-0.2, -0.15) is 5.10 Å². The molecule has 0 spiro atoms.